The van der Waals surface area contributed by atoms with E-state index in [-0.39, 0.29) is 18.5 Å². The number of nitrogens with one attached hydrogen (secondary N) is 1. The van der Waals surface area contributed by atoms with Crippen LogP contribution in [0, 0.1) is 6.92 Å². The van der Waals surface area contributed by atoms with Crippen LogP contribution in [0.2, 0.25) is 0 Å². The molecule has 0 spiro atoms. The zero-order valence-corrected chi connectivity index (χ0v) is 11.1. The summed E-state index contributed by atoms with van der Waals surface area (Å²) in [7, 11) is 1.72. The molecule has 2 rings (SSSR count). The number of likely N-dealkylation sites (N-methyl/N-ethyl adjacent to an activating group) is 1. The van der Waals surface area contributed by atoms with Crippen LogP contribution in [-0.4, -0.2) is 58.4 Å². The van der Waals surface area contributed by atoms with Crippen LogP contribution in [0.4, 0.5) is 4.79 Å². The molecule has 0 saturated carbocycles. The Balaban J connectivity index is 1.79. The van der Waals surface area contributed by atoms with Crippen LogP contribution in [-0.2, 0) is 11.3 Å². The number of carbonyl (C=O) groups is 2. The molecule has 1 aromatic heterocycles. The van der Waals surface area contributed by atoms with E-state index in [0.717, 1.165) is 5.69 Å². The molecule has 1 aliphatic heterocycles. The Kier molecular flexibility index (Phi) is 3.94. The number of aryl methyl sites for hydroxylation is 1. The summed E-state index contributed by atoms with van der Waals surface area (Å²) in [5.74, 6) is -0.189. The maximum Gasteiger partial charge on any atom is 0.320 e. The summed E-state index contributed by atoms with van der Waals surface area (Å²) in [5, 5.41) is 2.73. The maximum atomic E-state index is 11.7. The van der Waals surface area contributed by atoms with E-state index in [1.54, 1.807) is 24.3 Å². The van der Waals surface area contributed by atoms with Crippen molar-refractivity contribution in [3.05, 3.63) is 23.8 Å². The van der Waals surface area contributed by atoms with Gasteiger partial charge in [0.1, 0.15) is 6.54 Å². The minimum Gasteiger partial charge on any atom is -0.349 e. The van der Waals surface area contributed by atoms with Gasteiger partial charge in [-0.1, -0.05) is 0 Å². The molecule has 0 unspecified atom stereocenters. The molecule has 0 radical (unpaired) electrons. The van der Waals surface area contributed by atoms with Gasteiger partial charge in [-0.25, -0.2) is 4.79 Å². The largest absolute Gasteiger partial charge is 0.349 e. The molecule has 2 heterocycles. The topological polar surface area (TPSA) is 78.4 Å². The predicted molar refractivity (Wildman–Crippen MR) is 68.2 cm³/mol. The van der Waals surface area contributed by atoms with Crippen molar-refractivity contribution in [2.45, 2.75) is 13.5 Å². The van der Waals surface area contributed by atoms with Crippen LogP contribution in [0.1, 0.15) is 11.4 Å². The maximum absolute atomic E-state index is 11.7. The third-order valence-corrected chi connectivity index (χ3v) is 2.94. The summed E-state index contributed by atoms with van der Waals surface area (Å²) in [5.41, 5.74) is 1.53. The van der Waals surface area contributed by atoms with Gasteiger partial charge in [0, 0.05) is 26.3 Å². The Morgan fingerprint density at radius 2 is 2.16 bits per heavy atom. The molecule has 1 saturated heterocycles. The molecule has 19 heavy (non-hydrogen) atoms. The molecule has 102 valence electrons. The molecule has 3 amide bonds. The van der Waals surface area contributed by atoms with E-state index in [1.165, 1.54) is 4.90 Å². The smallest absolute Gasteiger partial charge is 0.320 e. The zero-order chi connectivity index (χ0) is 13.8. The third kappa shape index (κ3) is 3.40. The highest BCUT2D eigenvalue weighted by molar-refractivity contribution is 5.84. The first-order chi connectivity index (χ1) is 9.06. The van der Waals surface area contributed by atoms with Gasteiger partial charge in [-0.2, -0.15) is 0 Å². The van der Waals surface area contributed by atoms with Gasteiger partial charge >= 0.3 is 6.03 Å². The minimum atomic E-state index is -0.189. The summed E-state index contributed by atoms with van der Waals surface area (Å²) in [6.07, 6.45) is 3.28. The Bertz CT molecular complexity index is 474. The van der Waals surface area contributed by atoms with E-state index in [4.69, 9.17) is 0 Å². The van der Waals surface area contributed by atoms with E-state index in [0.29, 0.717) is 25.3 Å². The molecule has 0 aromatic carbocycles. The fourth-order valence-electron chi connectivity index (χ4n) is 1.78. The first-order valence-corrected chi connectivity index (χ1v) is 6.10. The van der Waals surface area contributed by atoms with Gasteiger partial charge in [0.15, 0.2) is 0 Å². The minimum absolute atomic E-state index is 0.0858. The summed E-state index contributed by atoms with van der Waals surface area (Å²) in [4.78, 5) is 34.7. The Morgan fingerprint density at radius 1 is 1.37 bits per heavy atom. The number of carbonyl (C=O) groups excluding carboxylic acids is 2. The van der Waals surface area contributed by atoms with Crippen molar-refractivity contribution in [3.8, 4) is 0 Å². The first kappa shape index (κ1) is 13.3. The second kappa shape index (κ2) is 5.64. The van der Waals surface area contributed by atoms with Crippen LogP contribution in [0.15, 0.2) is 12.4 Å². The van der Waals surface area contributed by atoms with Crippen LogP contribution < -0.4 is 5.32 Å². The molecule has 1 fully saturated rings. The highest BCUT2D eigenvalue weighted by Gasteiger charge is 2.26. The van der Waals surface area contributed by atoms with Gasteiger partial charge < -0.3 is 15.1 Å². The highest BCUT2D eigenvalue weighted by atomic mass is 16.2. The van der Waals surface area contributed by atoms with E-state index in [9.17, 15) is 9.59 Å². The molecule has 1 N–H and O–H groups in total. The monoisotopic (exact) mass is 263 g/mol. The number of aromatic nitrogens is 2. The average Bonchev–Trinajstić information content (AvgIpc) is 2.70. The van der Waals surface area contributed by atoms with Crippen LogP contribution in [0.3, 0.4) is 0 Å². The Hall–Kier alpha value is -2.18. The summed E-state index contributed by atoms with van der Waals surface area (Å²) in [6, 6.07) is -0.106. The highest BCUT2D eigenvalue weighted by Crippen LogP contribution is 2.04. The fourth-order valence-corrected chi connectivity index (χ4v) is 1.78. The number of amides is 3. The quantitative estimate of drug-likeness (QED) is 0.814. The van der Waals surface area contributed by atoms with Crippen molar-refractivity contribution in [2.75, 3.05) is 26.7 Å². The molecule has 7 heteroatoms. The second-order valence-corrected chi connectivity index (χ2v) is 4.55. The summed E-state index contributed by atoms with van der Waals surface area (Å²) < 4.78 is 0. The Labute approximate surface area is 111 Å². The van der Waals surface area contributed by atoms with E-state index in [1.807, 2.05) is 6.92 Å². The number of rotatable bonds is 4. The van der Waals surface area contributed by atoms with E-state index >= 15 is 0 Å². The lowest BCUT2D eigenvalue weighted by Gasteiger charge is -2.15. The number of urea groups is 1. The molecular weight excluding hydrogens is 246 g/mol. The van der Waals surface area contributed by atoms with Crippen molar-refractivity contribution in [2.24, 2.45) is 0 Å². The van der Waals surface area contributed by atoms with Crippen molar-refractivity contribution < 1.29 is 9.59 Å². The van der Waals surface area contributed by atoms with E-state index in [2.05, 4.69) is 15.3 Å². The van der Waals surface area contributed by atoms with Gasteiger partial charge in [0.05, 0.1) is 24.1 Å². The van der Waals surface area contributed by atoms with Gasteiger partial charge in [-0.3, -0.25) is 14.8 Å². The number of hydrogen-bond acceptors (Lipinski definition) is 4. The number of nitrogens with zero attached hydrogens (tertiary/aromatic N) is 4. The Morgan fingerprint density at radius 3 is 2.74 bits per heavy atom. The van der Waals surface area contributed by atoms with Gasteiger partial charge in [0.25, 0.3) is 0 Å². The summed E-state index contributed by atoms with van der Waals surface area (Å²) >= 11 is 0. The van der Waals surface area contributed by atoms with Crippen LogP contribution in [0.5, 0.6) is 0 Å². The predicted octanol–water partition coefficient (Wildman–Crippen LogP) is -0.231. The SMILES string of the molecule is Cc1cnc(CNC(=O)CN2CCN(C)C2=O)cn1. The second-order valence-electron chi connectivity index (χ2n) is 4.55. The van der Waals surface area contributed by atoms with Crippen LogP contribution in [0.25, 0.3) is 0 Å². The van der Waals surface area contributed by atoms with Gasteiger partial charge in [0.2, 0.25) is 5.91 Å². The standard InChI is InChI=1S/C12H17N5O2/c1-9-5-14-10(6-13-9)7-15-11(18)8-17-4-3-16(2)12(17)19/h5-6H,3-4,7-8H2,1-2H3,(H,15,18). The average molecular weight is 263 g/mol. The molecule has 0 aliphatic carbocycles. The molecule has 0 bridgehead atoms. The van der Waals surface area contributed by atoms with Crippen molar-refractivity contribution >= 4 is 11.9 Å². The van der Waals surface area contributed by atoms with Crippen molar-refractivity contribution in [1.29, 1.82) is 0 Å². The third-order valence-electron chi connectivity index (χ3n) is 2.94. The molecular formula is C12H17N5O2. The fraction of sp³-hybridized carbons (Fsp3) is 0.500. The lowest BCUT2D eigenvalue weighted by Crippen LogP contribution is -2.39. The first-order valence-electron chi connectivity index (χ1n) is 6.10. The van der Waals surface area contributed by atoms with E-state index < -0.39 is 0 Å². The summed E-state index contributed by atoms with van der Waals surface area (Å²) in [6.45, 7) is 3.51. The van der Waals surface area contributed by atoms with Crippen molar-refractivity contribution in [1.82, 2.24) is 25.1 Å². The molecule has 7 nitrogen and oxygen atoms in total. The molecule has 0 atom stereocenters. The van der Waals surface area contributed by atoms with Gasteiger partial charge in [-0.15, -0.1) is 0 Å². The number of hydrogen-bond donors (Lipinski definition) is 1. The zero-order valence-electron chi connectivity index (χ0n) is 11.1. The molecule has 1 aromatic rings. The lowest BCUT2D eigenvalue weighted by molar-refractivity contribution is -0.121. The van der Waals surface area contributed by atoms with Gasteiger partial charge in [-0.05, 0) is 6.92 Å². The van der Waals surface area contributed by atoms with Crippen LogP contribution >= 0.6 is 0 Å². The van der Waals surface area contributed by atoms with Crippen molar-refractivity contribution in [3.63, 3.8) is 0 Å². The normalized spacial score (nSPS) is 14.9. The molecule has 1 aliphatic rings. The lowest BCUT2D eigenvalue weighted by atomic mass is 10.4.